The van der Waals surface area contributed by atoms with Crippen molar-refractivity contribution in [2.24, 2.45) is 0 Å². The van der Waals surface area contributed by atoms with Crippen molar-refractivity contribution < 1.29 is 23.8 Å². The summed E-state index contributed by atoms with van der Waals surface area (Å²) in [5.74, 6) is 0.262. The van der Waals surface area contributed by atoms with E-state index >= 15 is 0 Å². The van der Waals surface area contributed by atoms with Gasteiger partial charge in [-0.15, -0.1) is 11.3 Å². The van der Waals surface area contributed by atoms with Crippen molar-refractivity contribution in [3.63, 3.8) is 0 Å². The van der Waals surface area contributed by atoms with Crippen molar-refractivity contribution in [1.29, 1.82) is 0 Å². The first kappa shape index (κ1) is 22.5. The maximum atomic E-state index is 13.2. The smallest absolute Gasteiger partial charge is 0.430 e. The minimum absolute atomic E-state index is 0.0398. The number of benzene rings is 2. The molecule has 33 heavy (non-hydrogen) atoms. The summed E-state index contributed by atoms with van der Waals surface area (Å²) in [6, 6.07) is 18.3. The Bertz CT molecular complexity index is 1230. The average molecular weight is 484 g/mol. The third kappa shape index (κ3) is 5.39. The van der Waals surface area contributed by atoms with Crippen molar-refractivity contribution >= 4 is 51.3 Å². The second-order valence-corrected chi connectivity index (χ2v) is 8.62. The number of hydrogen-bond donors (Lipinski definition) is 0. The van der Waals surface area contributed by atoms with Gasteiger partial charge in [0.1, 0.15) is 21.8 Å². The molecule has 2 heterocycles. The number of hydrogen-bond acceptors (Lipinski definition) is 8. The third-order valence-corrected chi connectivity index (χ3v) is 5.25. The van der Waals surface area contributed by atoms with Crippen molar-refractivity contribution in [3.05, 3.63) is 71.1 Å². The fraction of sp³-hybridized carbons (Fsp3) is 0.130. The van der Waals surface area contributed by atoms with Crippen LogP contribution in [-0.4, -0.2) is 28.3 Å². The number of amides is 2. The molecule has 0 spiro atoms. The van der Waals surface area contributed by atoms with Crippen molar-refractivity contribution in [2.75, 3.05) is 4.90 Å². The molecule has 0 N–H and O–H groups in total. The van der Waals surface area contributed by atoms with Crippen LogP contribution in [0.5, 0.6) is 17.4 Å². The number of thiophene rings is 1. The molecular weight excluding hydrogens is 466 g/mol. The number of aromatic nitrogens is 2. The lowest BCUT2D eigenvalue weighted by Crippen LogP contribution is -2.42. The van der Waals surface area contributed by atoms with E-state index in [1.54, 1.807) is 80.6 Å². The predicted molar refractivity (Wildman–Crippen MR) is 126 cm³/mol. The van der Waals surface area contributed by atoms with Gasteiger partial charge in [0.15, 0.2) is 0 Å². The van der Waals surface area contributed by atoms with Gasteiger partial charge in [-0.1, -0.05) is 48.0 Å². The number of halogens is 1. The standard InChI is InChI=1S/C23H18ClN3O5S/c1-14(2)30-20-19(26-21-17(25-20)13-18(24)33-21)27(22(28)31-15-9-5-3-6-10-15)23(29)32-16-11-7-4-8-12-16/h3-14H,1-2H3. The molecule has 0 radical (unpaired) electrons. The summed E-state index contributed by atoms with van der Waals surface area (Å²) in [7, 11) is 0. The van der Waals surface area contributed by atoms with Gasteiger partial charge in [0, 0.05) is 0 Å². The highest BCUT2D eigenvalue weighted by molar-refractivity contribution is 7.22. The second kappa shape index (κ2) is 9.85. The molecule has 0 atom stereocenters. The number of carbonyl (C=O) groups is 2. The lowest BCUT2D eigenvalue weighted by atomic mass is 10.3. The van der Waals surface area contributed by atoms with E-state index in [4.69, 9.17) is 25.8 Å². The van der Waals surface area contributed by atoms with Gasteiger partial charge >= 0.3 is 12.2 Å². The van der Waals surface area contributed by atoms with E-state index in [1.807, 2.05) is 0 Å². The number of para-hydroxylation sites is 2. The first-order valence-electron chi connectivity index (χ1n) is 9.88. The van der Waals surface area contributed by atoms with E-state index in [1.165, 1.54) is 0 Å². The molecule has 0 saturated heterocycles. The maximum absolute atomic E-state index is 13.2. The zero-order valence-electron chi connectivity index (χ0n) is 17.6. The summed E-state index contributed by atoms with van der Waals surface area (Å²) < 4.78 is 17.0. The molecule has 0 aliphatic carbocycles. The Kier molecular flexibility index (Phi) is 6.71. The SMILES string of the molecule is CC(C)Oc1nc2cc(Cl)sc2nc1N(C(=O)Oc1ccccc1)C(=O)Oc1ccccc1. The van der Waals surface area contributed by atoms with Gasteiger partial charge in [-0.25, -0.2) is 19.6 Å². The number of anilines is 1. The first-order valence-corrected chi connectivity index (χ1v) is 11.1. The molecule has 0 bridgehead atoms. The highest BCUT2D eigenvalue weighted by atomic mass is 35.5. The fourth-order valence-electron chi connectivity index (χ4n) is 2.77. The van der Waals surface area contributed by atoms with Crippen LogP contribution in [-0.2, 0) is 0 Å². The van der Waals surface area contributed by atoms with Crippen LogP contribution in [0.4, 0.5) is 15.4 Å². The Morgan fingerprint density at radius 3 is 1.97 bits per heavy atom. The summed E-state index contributed by atoms with van der Waals surface area (Å²) in [6.07, 6.45) is -2.39. The molecular formula is C23H18ClN3O5S. The molecule has 4 aromatic rings. The third-order valence-electron chi connectivity index (χ3n) is 4.11. The van der Waals surface area contributed by atoms with Crippen LogP contribution >= 0.6 is 22.9 Å². The van der Waals surface area contributed by atoms with Crippen LogP contribution in [0.3, 0.4) is 0 Å². The molecule has 0 aliphatic rings. The predicted octanol–water partition coefficient (Wildman–Crippen LogP) is 6.34. The number of ether oxygens (including phenoxy) is 3. The minimum atomic E-state index is -1.04. The Morgan fingerprint density at radius 2 is 1.45 bits per heavy atom. The second-order valence-electron chi connectivity index (χ2n) is 6.96. The normalized spacial score (nSPS) is 10.8. The molecule has 4 rings (SSSR count). The van der Waals surface area contributed by atoms with Crippen LogP contribution in [0.25, 0.3) is 10.3 Å². The van der Waals surface area contributed by atoms with E-state index < -0.39 is 12.2 Å². The van der Waals surface area contributed by atoms with Crippen molar-refractivity contribution in [3.8, 4) is 17.4 Å². The Labute approximate surface area is 198 Å². The molecule has 0 unspecified atom stereocenters. The van der Waals surface area contributed by atoms with Gasteiger partial charge in [0.25, 0.3) is 5.88 Å². The summed E-state index contributed by atoms with van der Waals surface area (Å²) in [5, 5.41) is 0. The molecule has 0 fully saturated rings. The van der Waals surface area contributed by atoms with Crippen LogP contribution < -0.4 is 19.1 Å². The van der Waals surface area contributed by atoms with E-state index in [0.29, 0.717) is 19.6 Å². The highest BCUT2D eigenvalue weighted by Crippen LogP contribution is 2.34. The van der Waals surface area contributed by atoms with Crippen LogP contribution in [0.2, 0.25) is 4.34 Å². The molecule has 8 nitrogen and oxygen atoms in total. The van der Waals surface area contributed by atoms with Crippen molar-refractivity contribution in [1.82, 2.24) is 9.97 Å². The quantitative estimate of drug-likeness (QED) is 0.327. The Hall–Kier alpha value is -3.69. The van der Waals surface area contributed by atoms with E-state index in [0.717, 1.165) is 11.3 Å². The van der Waals surface area contributed by atoms with Crippen LogP contribution in [0, 0.1) is 0 Å². The van der Waals surface area contributed by atoms with E-state index in [-0.39, 0.29) is 29.3 Å². The largest absolute Gasteiger partial charge is 0.472 e. The molecule has 168 valence electrons. The highest BCUT2D eigenvalue weighted by Gasteiger charge is 2.34. The molecule has 0 saturated carbocycles. The molecule has 2 amide bonds. The summed E-state index contributed by atoms with van der Waals surface area (Å²) >= 11 is 7.26. The van der Waals surface area contributed by atoms with Gasteiger partial charge in [-0.3, -0.25) is 0 Å². The lowest BCUT2D eigenvalue weighted by Gasteiger charge is -2.21. The Morgan fingerprint density at radius 1 is 0.909 bits per heavy atom. The number of nitrogens with zero attached hydrogens (tertiary/aromatic N) is 3. The monoisotopic (exact) mass is 483 g/mol. The topological polar surface area (TPSA) is 90.9 Å². The van der Waals surface area contributed by atoms with Crippen LogP contribution in [0.15, 0.2) is 66.7 Å². The van der Waals surface area contributed by atoms with E-state index in [2.05, 4.69) is 9.97 Å². The van der Waals surface area contributed by atoms with E-state index in [9.17, 15) is 9.59 Å². The van der Waals surface area contributed by atoms with Gasteiger partial charge < -0.3 is 14.2 Å². The average Bonchev–Trinajstić information content (AvgIpc) is 3.14. The van der Waals surface area contributed by atoms with Gasteiger partial charge in [0.05, 0.1) is 10.4 Å². The zero-order chi connectivity index (χ0) is 23.4. The number of carbonyl (C=O) groups excluding carboxylic acids is 2. The Balaban J connectivity index is 1.79. The van der Waals surface area contributed by atoms with Gasteiger partial charge in [-0.2, -0.15) is 4.90 Å². The first-order chi connectivity index (χ1) is 15.9. The van der Waals surface area contributed by atoms with Gasteiger partial charge in [0.2, 0.25) is 5.82 Å². The molecule has 2 aromatic heterocycles. The summed E-state index contributed by atoms with van der Waals surface area (Å²) in [5.41, 5.74) is 0.470. The number of rotatable bonds is 5. The fourth-order valence-corrected chi connectivity index (χ4v) is 3.79. The number of fused-ring (bicyclic) bond motifs is 1. The maximum Gasteiger partial charge on any atom is 0.430 e. The summed E-state index contributed by atoms with van der Waals surface area (Å²) in [6.45, 7) is 3.57. The molecule has 10 heteroatoms. The molecule has 0 aliphatic heterocycles. The lowest BCUT2D eigenvalue weighted by molar-refractivity contribution is 0.188. The zero-order valence-corrected chi connectivity index (χ0v) is 19.2. The summed E-state index contributed by atoms with van der Waals surface area (Å²) in [4.78, 5) is 36.3. The van der Waals surface area contributed by atoms with Crippen molar-refractivity contribution in [2.45, 2.75) is 20.0 Å². The molecule has 2 aromatic carbocycles. The minimum Gasteiger partial charge on any atom is -0.472 e. The van der Waals surface area contributed by atoms with Gasteiger partial charge in [-0.05, 0) is 44.2 Å². The van der Waals surface area contributed by atoms with Crippen LogP contribution in [0.1, 0.15) is 13.8 Å². The number of imide groups is 1.